The molecule has 0 fully saturated rings. The Labute approximate surface area is 157 Å². The Hall–Kier alpha value is -1.60. The molecule has 0 bridgehead atoms. The number of carbonyl (C=O) groups excluding carboxylic acids is 1. The maximum atomic E-state index is 12.5. The second-order valence-corrected chi connectivity index (χ2v) is 8.64. The van der Waals surface area contributed by atoms with Crippen LogP contribution in [-0.2, 0) is 10.0 Å². The summed E-state index contributed by atoms with van der Waals surface area (Å²) in [5.74, 6) is -0.394. The lowest BCUT2D eigenvalue weighted by molar-refractivity contribution is 0.0939. The third kappa shape index (κ3) is 4.52. The Kier molecular flexibility index (Phi) is 6.11. The van der Waals surface area contributed by atoms with Gasteiger partial charge in [-0.05, 0) is 42.8 Å². The number of nitrogens with zero attached hydrogens (tertiary/aromatic N) is 1. The lowest BCUT2D eigenvalue weighted by atomic mass is 10.1. The number of halogens is 2. The molecule has 1 N–H and O–H groups in total. The van der Waals surface area contributed by atoms with Crippen molar-refractivity contribution in [2.75, 3.05) is 14.1 Å². The third-order valence-corrected chi connectivity index (χ3v) is 6.22. The van der Waals surface area contributed by atoms with Crippen LogP contribution in [0.4, 0.5) is 0 Å². The van der Waals surface area contributed by atoms with E-state index >= 15 is 0 Å². The zero-order valence-electron chi connectivity index (χ0n) is 14.0. The minimum absolute atomic E-state index is 0.0657. The number of benzene rings is 2. The highest BCUT2D eigenvalue weighted by Crippen LogP contribution is 2.25. The van der Waals surface area contributed by atoms with E-state index in [1.807, 2.05) is 19.1 Å². The Balaban J connectivity index is 2.27. The fraction of sp³-hybridized carbons (Fsp3) is 0.235. The van der Waals surface area contributed by atoms with Gasteiger partial charge in [0.1, 0.15) is 4.90 Å². The normalized spacial score (nSPS) is 12.9. The first-order valence-electron chi connectivity index (χ1n) is 7.41. The highest BCUT2D eigenvalue weighted by Gasteiger charge is 2.23. The molecule has 134 valence electrons. The molecule has 5 nitrogen and oxygen atoms in total. The molecular weight excluding hydrogens is 383 g/mol. The second-order valence-electron chi connectivity index (χ2n) is 5.68. The third-order valence-electron chi connectivity index (χ3n) is 3.67. The van der Waals surface area contributed by atoms with Crippen LogP contribution in [0.1, 0.15) is 28.9 Å². The molecule has 0 aliphatic heterocycles. The molecule has 2 aromatic rings. The molecule has 2 rings (SSSR count). The average molecular weight is 401 g/mol. The Morgan fingerprint density at radius 3 is 2.24 bits per heavy atom. The summed E-state index contributed by atoms with van der Waals surface area (Å²) in [4.78, 5) is 12.4. The number of hydrogen-bond donors (Lipinski definition) is 1. The lowest BCUT2D eigenvalue weighted by Crippen LogP contribution is -2.27. The van der Waals surface area contributed by atoms with Crippen molar-refractivity contribution >= 4 is 39.1 Å². The smallest absolute Gasteiger partial charge is 0.251 e. The molecule has 0 heterocycles. The molecule has 2 aromatic carbocycles. The molecule has 0 aromatic heterocycles. The summed E-state index contributed by atoms with van der Waals surface area (Å²) >= 11 is 11.9. The second kappa shape index (κ2) is 7.74. The first kappa shape index (κ1) is 19.7. The molecule has 1 atom stereocenters. The van der Waals surface area contributed by atoms with E-state index in [0.29, 0.717) is 5.02 Å². The summed E-state index contributed by atoms with van der Waals surface area (Å²) in [5.41, 5.74) is 1.10. The van der Waals surface area contributed by atoms with Crippen LogP contribution in [0, 0.1) is 0 Å². The number of amides is 1. The van der Waals surface area contributed by atoms with Gasteiger partial charge in [-0.3, -0.25) is 4.79 Å². The van der Waals surface area contributed by atoms with E-state index in [0.717, 1.165) is 9.87 Å². The predicted octanol–water partition coefficient (Wildman–Crippen LogP) is 3.73. The van der Waals surface area contributed by atoms with Crippen LogP contribution in [0.15, 0.2) is 47.4 Å². The van der Waals surface area contributed by atoms with Crippen LogP contribution >= 0.6 is 23.2 Å². The molecule has 0 unspecified atom stereocenters. The van der Waals surface area contributed by atoms with Crippen LogP contribution in [-0.4, -0.2) is 32.7 Å². The molecule has 1 amide bonds. The van der Waals surface area contributed by atoms with Crippen molar-refractivity contribution in [3.05, 3.63) is 63.6 Å². The Morgan fingerprint density at radius 2 is 1.68 bits per heavy atom. The van der Waals surface area contributed by atoms with Crippen LogP contribution in [0.3, 0.4) is 0 Å². The molecule has 0 saturated carbocycles. The summed E-state index contributed by atoms with van der Waals surface area (Å²) < 4.78 is 25.6. The summed E-state index contributed by atoms with van der Waals surface area (Å²) in [7, 11) is -0.935. The highest BCUT2D eigenvalue weighted by molar-refractivity contribution is 7.89. The van der Waals surface area contributed by atoms with Crippen molar-refractivity contribution in [2.45, 2.75) is 17.9 Å². The minimum Gasteiger partial charge on any atom is -0.346 e. The summed E-state index contributed by atoms with van der Waals surface area (Å²) in [6, 6.07) is 11.0. The summed E-state index contributed by atoms with van der Waals surface area (Å²) in [6.45, 7) is 1.83. The zero-order chi connectivity index (χ0) is 18.8. The topological polar surface area (TPSA) is 66.5 Å². The molecule has 0 aliphatic rings. The van der Waals surface area contributed by atoms with Crippen LogP contribution in [0.25, 0.3) is 0 Å². The molecule has 0 spiro atoms. The van der Waals surface area contributed by atoms with E-state index < -0.39 is 15.9 Å². The van der Waals surface area contributed by atoms with Crippen molar-refractivity contribution in [3.63, 3.8) is 0 Å². The quantitative estimate of drug-likeness (QED) is 0.830. The van der Waals surface area contributed by atoms with Gasteiger partial charge in [-0.1, -0.05) is 35.3 Å². The standard InChI is InChI=1S/C17H18Cl2N2O3S/c1-11(12-4-7-14(18)8-5-12)20-17(22)13-6-9-15(19)16(10-13)25(23,24)21(2)3/h4-11H,1-3H3,(H,20,22)/t11-/m1/s1. The monoisotopic (exact) mass is 400 g/mol. The summed E-state index contributed by atoms with van der Waals surface area (Å²) in [6.07, 6.45) is 0. The van der Waals surface area contributed by atoms with E-state index in [-0.39, 0.29) is 21.5 Å². The Morgan fingerprint density at radius 1 is 1.08 bits per heavy atom. The maximum Gasteiger partial charge on any atom is 0.251 e. The maximum absolute atomic E-state index is 12.5. The van der Waals surface area contributed by atoms with Gasteiger partial charge in [-0.15, -0.1) is 0 Å². The van der Waals surface area contributed by atoms with E-state index in [1.165, 1.54) is 32.3 Å². The minimum atomic E-state index is -3.74. The molecule has 25 heavy (non-hydrogen) atoms. The number of sulfonamides is 1. The van der Waals surface area contributed by atoms with Crippen molar-refractivity contribution < 1.29 is 13.2 Å². The van der Waals surface area contributed by atoms with E-state index in [2.05, 4.69) is 5.32 Å². The Bertz CT molecular complexity index is 881. The first-order chi connectivity index (χ1) is 11.6. The average Bonchev–Trinajstić information content (AvgIpc) is 2.55. The number of nitrogens with one attached hydrogen (secondary N) is 1. The predicted molar refractivity (Wildman–Crippen MR) is 99.7 cm³/mol. The first-order valence-corrected chi connectivity index (χ1v) is 9.61. The number of carbonyl (C=O) groups is 1. The van der Waals surface area contributed by atoms with Gasteiger partial charge >= 0.3 is 0 Å². The van der Waals surface area contributed by atoms with Gasteiger partial charge < -0.3 is 5.32 Å². The molecular formula is C17H18Cl2N2O3S. The van der Waals surface area contributed by atoms with E-state index in [9.17, 15) is 13.2 Å². The number of rotatable bonds is 5. The van der Waals surface area contributed by atoms with Crippen molar-refractivity contribution in [1.82, 2.24) is 9.62 Å². The van der Waals surface area contributed by atoms with E-state index in [4.69, 9.17) is 23.2 Å². The molecule has 8 heteroatoms. The van der Waals surface area contributed by atoms with E-state index in [1.54, 1.807) is 12.1 Å². The molecule has 0 saturated heterocycles. The number of hydrogen-bond acceptors (Lipinski definition) is 3. The van der Waals surface area contributed by atoms with Crippen LogP contribution < -0.4 is 5.32 Å². The van der Waals surface area contributed by atoms with Crippen molar-refractivity contribution in [1.29, 1.82) is 0 Å². The fourth-order valence-corrected chi connectivity index (χ4v) is 3.67. The van der Waals surface area contributed by atoms with Crippen molar-refractivity contribution in [3.8, 4) is 0 Å². The van der Waals surface area contributed by atoms with Gasteiger partial charge in [0, 0.05) is 24.7 Å². The van der Waals surface area contributed by atoms with Gasteiger partial charge in [-0.25, -0.2) is 12.7 Å². The van der Waals surface area contributed by atoms with Crippen LogP contribution in [0.5, 0.6) is 0 Å². The molecule has 0 radical (unpaired) electrons. The fourth-order valence-electron chi connectivity index (χ4n) is 2.15. The van der Waals surface area contributed by atoms with Gasteiger partial charge in [0.2, 0.25) is 10.0 Å². The zero-order valence-corrected chi connectivity index (χ0v) is 16.3. The molecule has 0 aliphatic carbocycles. The van der Waals surface area contributed by atoms with Gasteiger partial charge in [-0.2, -0.15) is 0 Å². The van der Waals surface area contributed by atoms with Gasteiger partial charge in [0.25, 0.3) is 5.91 Å². The van der Waals surface area contributed by atoms with Gasteiger partial charge in [0.15, 0.2) is 0 Å². The van der Waals surface area contributed by atoms with Crippen LogP contribution in [0.2, 0.25) is 10.0 Å². The summed E-state index contributed by atoms with van der Waals surface area (Å²) in [5, 5.41) is 3.50. The largest absolute Gasteiger partial charge is 0.346 e. The highest BCUT2D eigenvalue weighted by atomic mass is 35.5. The van der Waals surface area contributed by atoms with Gasteiger partial charge in [0.05, 0.1) is 11.1 Å². The SMILES string of the molecule is C[C@@H](NC(=O)c1ccc(Cl)c(S(=O)(=O)N(C)C)c1)c1ccc(Cl)cc1. The lowest BCUT2D eigenvalue weighted by Gasteiger charge is -2.16. The van der Waals surface area contributed by atoms with Crippen molar-refractivity contribution in [2.24, 2.45) is 0 Å².